The number of amides is 1. The van der Waals surface area contributed by atoms with Gasteiger partial charge in [-0.25, -0.2) is 8.42 Å². The zero-order valence-electron chi connectivity index (χ0n) is 14.0. The van der Waals surface area contributed by atoms with E-state index in [1.807, 2.05) is 6.92 Å². The van der Waals surface area contributed by atoms with Crippen molar-refractivity contribution >= 4 is 15.9 Å². The SMILES string of the molecule is CON(C)S(=O)(=O)c1cccc(C(=O)N(C)C(C)c2ccco2)c1. The van der Waals surface area contributed by atoms with Gasteiger partial charge in [-0.1, -0.05) is 10.5 Å². The summed E-state index contributed by atoms with van der Waals surface area (Å²) in [6.45, 7) is 1.83. The number of rotatable bonds is 6. The first-order chi connectivity index (χ1) is 11.3. The topological polar surface area (TPSA) is 80.1 Å². The number of nitrogens with zero attached hydrogens (tertiary/aromatic N) is 2. The van der Waals surface area contributed by atoms with E-state index in [0.717, 1.165) is 4.47 Å². The molecule has 0 aliphatic heterocycles. The van der Waals surface area contributed by atoms with E-state index < -0.39 is 10.0 Å². The number of hydrogen-bond donors (Lipinski definition) is 0. The van der Waals surface area contributed by atoms with E-state index in [2.05, 4.69) is 0 Å². The third-order valence-electron chi connectivity index (χ3n) is 3.83. The van der Waals surface area contributed by atoms with Crippen molar-refractivity contribution < 1.29 is 22.5 Å². The molecule has 1 heterocycles. The van der Waals surface area contributed by atoms with Gasteiger partial charge in [0, 0.05) is 19.7 Å². The molecule has 2 rings (SSSR count). The number of hydroxylamine groups is 1. The Hall–Kier alpha value is -2.16. The standard InChI is InChI=1S/C16H20N2O5S/c1-12(15-9-6-10-23-15)17(2)16(19)13-7-5-8-14(11-13)24(20,21)18(3)22-4/h5-12H,1-4H3. The molecule has 130 valence electrons. The van der Waals surface area contributed by atoms with Crippen LogP contribution >= 0.6 is 0 Å². The second-order valence-electron chi connectivity index (χ2n) is 5.23. The monoisotopic (exact) mass is 352 g/mol. The molecule has 0 aliphatic carbocycles. The number of carbonyl (C=O) groups excluding carboxylic acids is 1. The van der Waals surface area contributed by atoms with Crippen LogP contribution < -0.4 is 0 Å². The lowest BCUT2D eigenvalue weighted by Gasteiger charge is -2.23. The third kappa shape index (κ3) is 3.50. The maximum atomic E-state index is 12.6. The van der Waals surface area contributed by atoms with Gasteiger partial charge in [0.1, 0.15) is 5.76 Å². The van der Waals surface area contributed by atoms with Crippen molar-refractivity contribution in [3.63, 3.8) is 0 Å². The highest BCUT2D eigenvalue weighted by Gasteiger charge is 2.24. The lowest BCUT2D eigenvalue weighted by atomic mass is 10.1. The van der Waals surface area contributed by atoms with Crippen LogP contribution in [0, 0.1) is 0 Å². The third-order valence-corrected chi connectivity index (χ3v) is 5.51. The highest BCUT2D eigenvalue weighted by Crippen LogP contribution is 2.22. The molecule has 0 radical (unpaired) electrons. The first-order valence-electron chi connectivity index (χ1n) is 7.22. The fraction of sp³-hybridized carbons (Fsp3) is 0.312. The first-order valence-corrected chi connectivity index (χ1v) is 8.66. The zero-order chi connectivity index (χ0) is 17.9. The van der Waals surface area contributed by atoms with Crippen molar-refractivity contribution in [2.75, 3.05) is 21.2 Å². The van der Waals surface area contributed by atoms with Gasteiger partial charge in [-0.05, 0) is 37.3 Å². The molecule has 7 nitrogen and oxygen atoms in total. The Morgan fingerprint density at radius 2 is 1.92 bits per heavy atom. The second kappa shape index (κ2) is 7.16. The van der Waals surface area contributed by atoms with Crippen LogP contribution in [-0.2, 0) is 14.9 Å². The van der Waals surface area contributed by atoms with Gasteiger partial charge in [0.15, 0.2) is 0 Å². The lowest BCUT2D eigenvalue weighted by Crippen LogP contribution is -2.30. The molecule has 0 saturated heterocycles. The minimum Gasteiger partial charge on any atom is -0.467 e. The molecule has 1 atom stereocenters. The molecule has 0 N–H and O–H groups in total. The van der Waals surface area contributed by atoms with Gasteiger partial charge >= 0.3 is 0 Å². The molecule has 0 saturated carbocycles. The zero-order valence-corrected chi connectivity index (χ0v) is 14.8. The number of carbonyl (C=O) groups is 1. The maximum Gasteiger partial charge on any atom is 0.264 e. The molecule has 2 aromatic rings. The molecular formula is C16H20N2O5S. The molecule has 1 aromatic carbocycles. The van der Waals surface area contributed by atoms with E-state index in [1.165, 1.54) is 43.5 Å². The van der Waals surface area contributed by atoms with Gasteiger partial charge in [0.25, 0.3) is 15.9 Å². The van der Waals surface area contributed by atoms with E-state index in [9.17, 15) is 13.2 Å². The van der Waals surface area contributed by atoms with E-state index in [-0.39, 0.29) is 22.4 Å². The average molecular weight is 352 g/mol. The summed E-state index contributed by atoms with van der Waals surface area (Å²) in [4.78, 5) is 18.9. The Morgan fingerprint density at radius 1 is 1.21 bits per heavy atom. The van der Waals surface area contributed by atoms with Crippen LogP contribution in [0.15, 0.2) is 52.0 Å². The van der Waals surface area contributed by atoms with Crippen LogP contribution in [0.4, 0.5) is 0 Å². The minimum absolute atomic E-state index is 0.0169. The smallest absolute Gasteiger partial charge is 0.264 e. The molecule has 0 fully saturated rings. The van der Waals surface area contributed by atoms with Gasteiger partial charge in [0.05, 0.1) is 24.3 Å². The maximum absolute atomic E-state index is 12.6. The number of sulfonamides is 1. The summed E-state index contributed by atoms with van der Waals surface area (Å²) in [5.41, 5.74) is 0.265. The van der Waals surface area contributed by atoms with Crippen LogP contribution in [0.5, 0.6) is 0 Å². The van der Waals surface area contributed by atoms with Gasteiger partial charge < -0.3 is 9.32 Å². The van der Waals surface area contributed by atoms with Crippen molar-refractivity contribution in [3.05, 3.63) is 54.0 Å². The predicted octanol–water partition coefficient (Wildman–Crippen LogP) is 2.29. The molecule has 0 aliphatic rings. The fourth-order valence-corrected chi connectivity index (χ4v) is 3.16. The van der Waals surface area contributed by atoms with E-state index in [1.54, 1.807) is 25.2 Å². The minimum atomic E-state index is -3.81. The van der Waals surface area contributed by atoms with Crippen molar-refractivity contribution in [3.8, 4) is 0 Å². The second-order valence-corrected chi connectivity index (χ2v) is 7.17. The number of furan rings is 1. The summed E-state index contributed by atoms with van der Waals surface area (Å²) >= 11 is 0. The van der Waals surface area contributed by atoms with Gasteiger partial charge in [0.2, 0.25) is 0 Å². The van der Waals surface area contributed by atoms with Gasteiger partial charge in [-0.3, -0.25) is 9.63 Å². The summed E-state index contributed by atoms with van der Waals surface area (Å²) in [5, 5.41) is 0. The molecule has 1 amide bonds. The van der Waals surface area contributed by atoms with Crippen molar-refractivity contribution in [1.82, 2.24) is 9.37 Å². The molecule has 0 bridgehead atoms. The Balaban J connectivity index is 2.30. The van der Waals surface area contributed by atoms with Gasteiger partial charge in [-0.15, -0.1) is 0 Å². The Kier molecular flexibility index (Phi) is 5.43. The Bertz CT molecular complexity index is 802. The van der Waals surface area contributed by atoms with Crippen LogP contribution in [0.2, 0.25) is 0 Å². The van der Waals surface area contributed by atoms with Crippen molar-refractivity contribution in [2.45, 2.75) is 17.9 Å². The molecular weight excluding hydrogens is 332 g/mol. The van der Waals surface area contributed by atoms with Gasteiger partial charge in [-0.2, -0.15) is 0 Å². The Labute approximate surface area is 141 Å². The highest BCUT2D eigenvalue weighted by atomic mass is 32.2. The normalized spacial score (nSPS) is 13.0. The summed E-state index contributed by atoms with van der Waals surface area (Å²) in [7, 11) is 0.366. The molecule has 1 unspecified atom stereocenters. The molecule has 24 heavy (non-hydrogen) atoms. The number of benzene rings is 1. The van der Waals surface area contributed by atoms with Crippen LogP contribution in [0.3, 0.4) is 0 Å². The molecule has 1 aromatic heterocycles. The fourth-order valence-electron chi connectivity index (χ4n) is 2.14. The van der Waals surface area contributed by atoms with Crippen LogP contribution in [0.25, 0.3) is 0 Å². The first kappa shape index (κ1) is 18.2. The average Bonchev–Trinajstić information content (AvgIpc) is 3.13. The van der Waals surface area contributed by atoms with E-state index in [4.69, 9.17) is 9.25 Å². The lowest BCUT2D eigenvalue weighted by molar-refractivity contribution is -0.0258. The summed E-state index contributed by atoms with van der Waals surface area (Å²) in [6, 6.07) is 9.08. The van der Waals surface area contributed by atoms with E-state index >= 15 is 0 Å². The summed E-state index contributed by atoms with van der Waals surface area (Å²) in [5.74, 6) is 0.338. The quantitative estimate of drug-likeness (QED) is 0.745. The molecule has 8 heteroatoms. The van der Waals surface area contributed by atoms with Crippen molar-refractivity contribution in [2.24, 2.45) is 0 Å². The van der Waals surface area contributed by atoms with Crippen LogP contribution in [-0.4, -0.2) is 44.9 Å². The Morgan fingerprint density at radius 3 is 2.50 bits per heavy atom. The number of hydrogen-bond acceptors (Lipinski definition) is 5. The van der Waals surface area contributed by atoms with Crippen LogP contribution in [0.1, 0.15) is 29.1 Å². The summed E-state index contributed by atoms with van der Waals surface area (Å²) in [6.07, 6.45) is 1.54. The van der Waals surface area contributed by atoms with E-state index in [0.29, 0.717) is 5.76 Å². The van der Waals surface area contributed by atoms with Crippen molar-refractivity contribution in [1.29, 1.82) is 0 Å². The highest BCUT2D eigenvalue weighted by molar-refractivity contribution is 7.89. The molecule has 0 spiro atoms. The summed E-state index contributed by atoms with van der Waals surface area (Å²) < 4.78 is 30.6. The predicted molar refractivity (Wildman–Crippen MR) is 87.6 cm³/mol. The largest absolute Gasteiger partial charge is 0.467 e.